The monoisotopic (exact) mass is 482 g/mol. The van der Waals surface area contributed by atoms with E-state index in [-0.39, 0.29) is 22.2 Å². The van der Waals surface area contributed by atoms with Gasteiger partial charge in [-0.3, -0.25) is 10.1 Å². The Hall–Kier alpha value is -1.40. The number of anilines is 1. The summed E-state index contributed by atoms with van der Waals surface area (Å²) >= 11 is 7.08. The smallest absolute Gasteiger partial charge is 0.301 e. The van der Waals surface area contributed by atoms with E-state index in [2.05, 4.69) is 73.4 Å². The molecule has 0 aromatic heterocycles. The van der Waals surface area contributed by atoms with Gasteiger partial charge in [0.25, 0.3) is 0 Å². The first-order valence-electron chi connectivity index (χ1n) is 8.32. The van der Waals surface area contributed by atoms with Gasteiger partial charge in [0.1, 0.15) is 5.69 Å². The van der Waals surface area contributed by atoms with Crippen LogP contribution in [0.3, 0.4) is 0 Å². The van der Waals surface area contributed by atoms with Crippen molar-refractivity contribution in [2.24, 2.45) is 0 Å². The number of halogens is 2. The van der Waals surface area contributed by atoms with Crippen LogP contribution in [0.4, 0.5) is 11.4 Å². The summed E-state index contributed by atoms with van der Waals surface area (Å²) < 4.78 is 1.52. The van der Waals surface area contributed by atoms with Crippen LogP contribution in [0.25, 0.3) is 11.1 Å². The molecule has 2 aromatic carbocycles. The maximum absolute atomic E-state index is 11.7. The molecule has 2 rings (SSSR count). The molecule has 0 radical (unpaired) electrons. The van der Waals surface area contributed by atoms with Crippen molar-refractivity contribution in [2.75, 3.05) is 5.73 Å². The molecule has 0 heterocycles. The number of hydrogen-bond acceptors (Lipinski definition) is 3. The molecule has 140 valence electrons. The minimum Gasteiger partial charge on any atom is -0.392 e. The molecule has 2 N–H and O–H groups in total. The molecule has 0 unspecified atom stereocenters. The molecule has 0 bridgehead atoms. The third kappa shape index (κ3) is 3.96. The summed E-state index contributed by atoms with van der Waals surface area (Å²) in [6, 6.07) is 7.74. The molecule has 0 aliphatic heterocycles. The van der Waals surface area contributed by atoms with Gasteiger partial charge in [-0.2, -0.15) is 0 Å². The van der Waals surface area contributed by atoms with E-state index in [4.69, 9.17) is 5.73 Å². The lowest BCUT2D eigenvalue weighted by atomic mass is 9.83. The first-order valence-corrected chi connectivity index (χ1v) is 9.91. The highest BCUT2D eigenvalue weighted by Gasteiger charge is 2.29. The van der Waals surface area contributed by atoms with Crippen molar-refractivity contribution < 1.29 is 4.92 Å². The molecule has 0 aliphatic carbocycles. The predicted octanol–water partition coefficient (Wildman–Crippen LogP) is 6.96. The van der Waals surface area contributed by atoms with Gasteiger partial charge in [0.05, 0.1) is 15.0 Å². The minimum atomic E-state index is -0.409. The van der Waals surface area contributed by atoms with Gasteiger partial charge in [0.2, 0.25) is 0 Å². The van der Waals surface area contributed by atoms with Gasteiger partial charge in [-0.15, -0.1) is 0 Å². The van der Waals surface area contributed by atoms with Crippen LogP contribution in [0.2, 0.25) is 0 Å². The van der Waals surface area contributed by atoms with Crippen molar-refractivity contribution in [1.29, 1.82) is 0 Å². The fourth-order valence-electron chi connectivity index (χ4n) is 2.92. The number of hydrogen-bond donors (Lipinski definition) is 1. The van der Waals surface area contributed by atoms with Gasteiger partial charge in [0.15, 0.2) is 0 Å². The number of nitrogen functional groups attached to an aromatic ring is 1. The van der Waals surface area contributed by atoms with Crippen LogP contribution < -0.4 is 5.73 Å². The third-order valence-electron chi connectivity index (χ3n) is 4.35. The molecule has 6 heteroatoms. The van der Waals surface area contributed by atoms with Gasteiger partial charge in [-0.25, -0.2) is 0 Å². The normalized spacial score (nSPS) is 12.3. The quantitative estimate of drug-likeness (QED) is 0.285. The minimum absolute atomic E-state index is 0.0292. The average molecular weight is 484 g/mol. The van der Waals surface area contributed by atoms with E-state index in [0.717, 1.165) is 21.2 Å². The van der Waals surface area contributed by atoms with Crippen LogP contribution in [0.15, 0.2) is 33.2 Å². The van der Waals surface area contributed by atoms with Crippen molar-refractivity contribution in [3.63, 3.8) is 0 Å². The second kappa shape index (κ2) is 6.97. The number of nitrogens with zero attached hydrogens (tertiary/aromatic N) is 1. The Labute approximate surface area is 171 Å². The molecule has 2 aromatic rings. The van der Waals surface area contributed by atoms with E-state index >= 15 is 0 Å². The molecule has 0 saturated carbocycles. The predicted molar refractivity (Wildman–Crippen MR) is 116 cm³/mol. The van der Waals surface area contributed by atoms with Crippen LogP contribution >= 0.6 is 31.9 Å². The summed E-state index contributed by atoms with van der Waals surface area (Å²) in [5.41, 5.74) is 9.38. The van der Waals surface area contributed by atoms with E-state index in [9.17, 15) is 10.1 Å². The maximum Gasteiger partial charge on any atom is 0.301 e. The molecule has 0 atom stereocenters. The Morgan fingerprint density at radius 3 is 1.92 bits per heavy atom. The topological polar surface area (TPSA) is 69.2 Å². The molecule has 0 aliphatic rings. The van der Waals surface area contributed by atoms with E-state index in [1.807, 2.05) is 24.3 Å². The van der Waals surface area contributed by atoms with Gasteiger partial charge in [-0.1, -0.05) is 69.6 Å². The van der Waals surface area contributed by atoms with Crippen LogP contribution in [-0.2, 0) is 10.8 Å². The molecule has 0 spiro atoms. The summed E-state index contributed by atoms with van der Waals surface area (Å²) in [4.78, 5) is 11.3. The zero-order valence-corrected chi connectivity index (χ0v) is 19.1. The summed E-state index contributed by atoms with van der Waals surface area (Å²) in [5, 5.41) is 11.7. The van der Waals surface area contributed by atoms with Gasteiger partial charge >= 0.3 is 5.69 Å². The first-order chi connectivity index (χ1) is 11.7. The molecule has 4 nitrogen and oxygen atoms in total. The lowest BCUT2D eigenvalue weighted by Crippen LogP contribution is -2.14. The van der Waals surface area contributed by atoms with E-state index in [1.54, 1.807) is 0 Å². The maximum atomic E-state index is 11.7. The van der Waals surface area contributed by atoms with E-state index in [0.29, 0.717) is 10.0 Å². The van der Waals surface area contributed by atoms with Crippen molar-refractivity contribution in [2.45, 2.75) is 52.4 Å². The zero-order chi connectivity index (χ0) is 20.0. The summed E-state index contributed by atoms with van der Waals surface area (Å²) in [6.45, 7) is 12.6. The van der Waals surface area contributed by atoms with Crippen molar-refractivity contribution in [3.05, 3.63) is 54.5 Å². The lowest BCUT2D eigenvalue weighted by Gasteiger charge is -2.24. The summed E-state index contributed by atoms with van der Waals surface area (Å²) in [5.74, 6) is 0. The highest BCUT2D eigenvalue weighted by molar-refractivity contribution is 9.11. The Morgan fingerprint density at radius 2 is 1.50 bits per heavy atom. The SMILES string of the molecule is CC(C)(C)c1ccc(-c2cc(C(C)(C)C)c(Br)c(N)c2[N+](=O)[O-])cc1Br. The number of nitro groups is 1. The highest BCUT2D eigenvalue weighted by atomic mass is 79.9. The fourth-order valence-corrected chi connectivity index (χ4v) is 4.79. The van der Waals surface area contributed by atoms with Gasteiger partial charge in [-0.05, 0) is 55.6 Å². The largest absolute Gasteiger partial charge is 0.392 e. The van der Waals surface area contributed by atoms with E-state index < -0.39 is 4.92 Å². The Bertz CT molecular complexity index is 879. The number of benzene rings is 2. The van der Waals surface area contributed by atoms with Crippen LogP contribution in [-0.4, -0.2) is 4.92 Å². The van der Waals surface area contributed by atoms with Crippen LogP contribution in [0.1, 0.15) is 52.7 Å². The molecular formula is C20H24Br2N2O2. The van der Waals surface area contributed by atoms with Crippen molar-refractivity contribution >= 4 is 43.2 Å². The number of rotatable bonds is 2. The molecule has 26 heavy (non-hydrogen) atoms. The Balaban J connectivity index is 2.82. The van der Waals surface area contributed by atoms with Crippen LogP contribution in [0, 0.1) is 10.1 Å². The summed E-state index contributed by atoms with van der Waals surface area (Å²) in [6.07, 6.45) is 0. The Kier molecular flexibility index (Phi) is 5.60. The van der Waals surface area contributed by atoms with Gasteiger partial charge < -0.3 is 5.73 Å². The first kappa shape index (κ1) is 20.9. The summed E-state index contributed by atoms with van der Waals surface area (Å²) in [7, 11) is 0. The fraction of sp³-hybridized carbons (Fsp3) is 0.400. The highest BCUT2D eigenvalue weighted by Crippen LogP contribution is 2.45. The molecule has 0 fully saturated rings. The second-order valence-electron chi connectivity index (χ2n) is 8.50. The van der Waals surface area contributed by atoms with Crippen LogP contribution in [0.5, 0.6) is 0 Å². The molecule has 0 saturated heterocycles. The number of nitrogens with two attached hydrogens (primary N) is 1. The van der Waals surface area contributed by atoms with E-state index in [1.165, 1.54) is 0 Å². The standard InChI is InChI=1S/C20H24Br2N2O2/c1-19(2,3)13-8-7-11(9-15(13)21)12-10-14(20(4,5)6)16(22)17(23)18(12)24(25)26/h7-10H,23H2,1-6H3. The third-order valence-corrected chi connectivity index (χ3v) is 5.86. The lowest BCUT2D eigenvalue weighted by molar-refractivity contribution is -0.383. The Morgan fingerprint density at radius 1 is 0.962 bits per heavy atom. The van der Waals surface area contributed by atoms with Gasteiger partial charge in [0, 0.05) is 4.47 Å². The van der Waals surface area contributed by atoms with Crippen molar-refractivity contribution in [3.8, 4) is 11.1 Å². The number of nitro benzene ring substituents is 1. The van der Waals surface area contributed by atoms with Crippen molar-refractivity contribution in [1.82, 2.24) is 0 Å². The molecule has 0 amide bonds. The second-order valence-corrected chi connectivity index (χ2v) is 10.1. The average Bonchev–Trinajstić information content (AvgIpc) is 2.46. The zero-order valence-electron chi connectivity index (χ0n) is 15.9. The molecular weight excluding hydrogens is 460 g/mol.